The third-order valence-electron chi connectivity index (χ3n) is 5.22. The molecule has 0 fully saturated rings. The van der Waals surface area contributed by atoms with Gasteiger partial charge in [0.2, 0.25) is 0 Å². The largest absolute Gasteiger partial charge is 0.0620 e. The van der Waals surface area contributed by atoms with Crippen molar-refractivity contribution in [3.63, 3.8) is 0 Å². The van der Waals surface area contributed by atoms with Crippen LogP contribution in [0.2, 0.25) is 0 Å². The zero-order valence-corrected chi connectivity index (χ0v) is 11.4. The number of rotatable bonds is 0. The molecular formula is C19H20. The van der Waals surface area contributed by atoms with Gasteiger partial charge in [-0.3, -0.25) is 0 Å². The van der Waals surface area contributed by atoms with Crippen LogP contribution in [0.25, 0.3) is 0 Å². The van der Waals surface area contributed by atoms with E-state index in [0.717, 1.165) is 0 Å². The predicted octanol–water partition coefficient (Wildman–Crippen LogP) is 4.35. The van der Waals surface area contributed by atoms with Crippen LogP contribution in [-0.4, -0.2) is 0 Å². The lowest BCUT2D eigenvalue weighted by Crippen LogP contribution is -2.34. The molecule has 0 unspecified atom stereocenters. The van der Waals surface area contributed by atoms with E-state index in [1.807, 2.05) is 0 Å². The van der Waals surface area contributed by atoms with Crippen LogP contribution in [0.3, 0.4) is 0 Å². The Hall–Kier alpha value is -1.56. The summed E-state index contributed by atoms with van der Waals surface area (Å²) in [5.41, 5.74) is 6.93. The van der Waals surface area contributed by atoms with Gasteiger partial charge >= 0.3 is 0 Å². The molecule has 0 saturated carbocycles. The second-order valence-electron chi connectivity index (χ2n) is 6.39. The lowest BCUT2D eigenvalue weighted by atomic mass is 9.63. The van der Waals surface area contributed by atoms with Gasteiger partial charge in [-0.05, 0) is 66.2 Å². The van der Waals surface area contributed by atoms with E-state index in [9.17, 15) is 0 Å². The molecule has 0 saturated heterocycles. The molecule has 1 spiro atoms. The number of hydrogen-bond acceptors (Lipinski definition) is 0. The SMILES string of the molecule is c1ccc2c(c1)CCC1(CCc3ccccc3C1)C2. The van der Waals surface area contributed by atoms with Gasteiger partial charge in [0.1, 0.15) is 0 Å². The van der Waals surface area contributed by atoms with Crippen molar-refractivity contribution in [2.45, 2.75) is 38.5 Å². The Morgan fingerprint density at radius 2 is 1.00 bits per heavy atom. The molecule has 0 heteroatoms. The van der Waals surface area contributed by atoms with Crippen molar-refractivity contribution in [1.82, 2.24) is 0 Å². The standard InChI is InChI=1S/C19H20/c1-3-7-17-13-19(11-9-15(17)5-1)12-10-16-6-2-4-8-18(16)14-19/h1-8H,9-14H2. The second kappa shape index (κ2) is 4.23. The molecule has 2 aromatic rings. The first-order chi connectivity index (χ1) is 9.35. The number of benzene rings is 2. The molecule has 96 valence electrons. The van der Waals surface area contributed by atoms with Crippen LogP contribution >= 0.6 is 0 Å². The monoisotopic (exact) mass is 248 g/mol. The van der Waals surface area contributed by atoms with Crippen LogP contribution in [0.15, 0.2) is 48.5 Å². The second-order valence-corrected chi connectivity index (χ2v) is 6.39. The molecule has 0 N–H and O–H groups in total. The fourth-order valence-corrected chi connectivity index (χ4v) is 4.10. The third-order valence-corrected chi connectivity index (χ3v) is 5.22. The van der Waals surface area contributed by atoms with Crippen LogP contribution in [0.1, 0.15) is 35.1 Å². The summed E-state index contributed by atoms with van der Waals surface area (Å²) >= 11 is 0. The molecule has 0 aliphatic heterocycles. The summed E-state index contributed by atoms with van der Waals surface area (Å²) in [6.45, 7) is 0. The van der Waals surface area contributed by atoms with Gasteiger partial charge < -0.3 is 0 Å². The fourth-order valence-electron chi connectivity index (χ4n) is 4.10. The third kappa shape index (κ3) is 1.90. The van der Waals surface area contributed by atoms with Gasteiger partial charge in [0.05, 0.1) is 0 Å². The summed E-state index contributed by atoms with van der Waals surface area (Å²) in [6.07, 6.45) is 7.88. The fraction of sp³-hybridized carbons (Fsp3) is 0.368. The van der Waals surface area contributed by atoms with Crippen molar-refractivity contribution in [2.24, 2.45) is 5.41 Å². The molecule has 19 heavy (non-hydrogen) atoms. The van der Waals surface area contributed by atoms with Crippen molar-refractivity contribution in [1.29, 1.82) is 0 Å². The summed E-state index contributed by atoms with van der Waals surface area (Å²) < 4.78 is 0. The minimum Gasteiger partial charge on any atom is -0.0620 e. The Kier molecular flexibility index (Phi) is 2.51. The van der Waals surface area contributed by atoms with Gasteiger partial charge in [0.15, 0.2) is 0 Å². The Balaban J connectivity index is 1.68. The van der Waals surface area contributed by atoms with Crippen LogP contribution in [-0.2, 0) is 25.7 Å². The zero-order chi connectivity index (χ0) is 12.7. The highest BCUT2D eigenvalue weighted by atomic mass is 14.4. The predicted molar refractivity (Wildman–Crippen MR) is 79.4 cm³/mol. The lowest BCUT2D eigenvalue weighted by Gasteiger charge is -2.42. The minimum atomic E-state index is 0.544. The smallest absolute Gasteiger partial charge is 0.0210 e. The van der Waals surface area contributed by atoms with Crippen molar-refractivity contribution in [2.75, 3.05) is 0 Å². The summed E-state index contributed by atoms with van der Waals surface area (Å²) in [6, 6.07) is 18.1. The first-order valence-corrected chi connectivity index (χ1v) is 7.48. The quantitative estimate of drug-likeness (QED) is 0.650. The van der Waals surface area contributed by atoms with Crippen LogP contribution in [0, 0.1) is 5.41 Å². The molecule has 0 atom stereocenters. The minimum absolute atomic E-state index is 0.544. The molecule has 0 radical (unpaired) electrons. The van der Waals surface area contributed by atoms with Crippen LogP contribution in [0.5, 0.6) is 0 Å². The molecular weight excluding hydrogens is 228 g/mol. The van der Waals surface area contributed by atoms with Crippen molar-refractivity contribution >= 4 is 0 Å². The van der Waals surface area contributed by atoms with E-state index < -0.39 is 0 Å². The van der Waals surface area contributed by atoms with Crippen LogP contribution < -0.4 is 0 Å². The van der Waals surface area contributed by atoms with Crippen LogP contribution in [0.4, 0.5) is 0 Å². The molecule has 0 nitrogen and oxygen atoms in total. The molecule has 0 heterocycles. The maximum Gasteiger partial charge on any atom is -0.0210 e. The van der Waals surface area contributed by atoms with E-state index in [4.69, 9.17) is 0 Å². The first kappa shape index (κ1) is 11.3. The Morgan fingerprint density at radius 3 is 1.47 bits per heavy atom. The topological polar surface area (TPSA) is 0 Å². The number of hydrogen-bond donors (Lipinski definition) is 0. The maximum atomic E-state index is 2.34. The van der Waals surface area contributed by atoms with Gasteiger partial charge in [0.25, 0.3) is 0 Å². The van der Waals surface area contributed by atoms with Gasteiger partial charge in [-0.1, -0.05) is 48.5 Å². The summed E-state index contributed by atoms with van der Waals surface area (Å²) in [5, 5.41) is 0. The van der Waals surface area contributed by atoms with E-state index in [1.165, 1.54) is 38.5 Å². The van der Waals surface area contributed by atoms with Crippen molar-refractivity contribution < 1.29 is 0 Å². The molecule has 0 aromatic heterocycles. The first-order valence-electron chi connectivity index (χ1n) is 7.48. The molecule has 4 rings (SSSR count). The molecule has 2 aromatic carbocycles. The Labute approximate surface area is 115 Å². The number of fused-ring (bicyclic) bond motifs is 2. The van der Waals surface area contributed by atoms with E-state index in [2.05, 4.69) is 48.5 Å². The normalized spacial score (nSPS) is 19.8. The van der Waals surface area contributed by atoms with Gasteiger partial charge in [-0.15, -0.1) is 0 Å². The van der Waals surface area contributed by atoms with Gasteiger partial charge in [0, 0.05) is 0 Å². The molecule has 2 aliphatic rings. The van der Waals surface area contributed by atoms with E-state index in [-0.39, 0.29) is 0 Å². The molecule has 0 bridgehead atoms. The van der Waals surface area contributed by atoms with Crippen molar-refractivity contribution in [3.8, 4) is 0 Å². The maximum absolute atomic E-state index is 2.34. The summed E-state index contributed by atoms with van der Waals surface area (Å²) in [7, 11) is 0. The van der Waals surface area contributed by atoms with Gasteiger partial charge in [-0.2, -0.15) is 0 Å². The number of aryl methyl sites for hydroxylation is 2. The average Bonchev–Trinajstić information content (AvgIpc) is 2.47. The van der Waals surface area contributed by atoms with E-state index in [1.54, 1.807) is 22.3 Å². The highest BCUT2D eigenvalue weighted by Gasteiger charge is 2.36. The van der Waals surface area contributed by atoms with Gasteiger partial charge in [-0.25, -0.2) is 0 Å². The Bertz CT molecular complexity index is 553. The Morgan fingerprint density at radius 1 is 0.579 bits per heavy atom. The highest BCUT2D eigenvalue weighted by molar-refractivity contribution is 5.36. The highest BCUT2D eigenvalue weighted by Crippen LogP contribution is 2.45. The molecule has 2 aliphatic carbocycles. The van der Waals surface area contributed by atoms with E-state index in [0.29, 0.717) is 5.41 Å². The lowest BCUT2D eigenvalue weighted by molar-refractivity contribution is 0.210. The average molecular weight is 248 g/mol. The zero-order valence-electron chi connectivity index (χ0n) is 11.4. The van der Waals surface area contributed by atoms with Crippen molar-refractivity contribution in [3.05, 3.63) is 70.8 Å². The molecule has 0 amide bonds. The van der Waals surface area contributed by atoms with E-state index >= 15 is 0 Å². The summed E-state index contributed by atoms with van der Waals surface area (Å²) in [4.78, 5) is 0. The summed E-state index contributed by atoms with van der Waals surface area (Å²) in [5.74, 6) is 0.